The molecule has 0 radical (unpaired) electrons. The maximum Gasteiger partial charge on any atom is 0.295 e. The van der Waals surface area contributed by atoms with Crippen molar-refractivity contribution < 1.29 is 33.6 Å². The van der Waals surface area contributed by atoms with Crippen LogP contribution in [0, 0.1) is 0 Å². The monoisotopic (exact) mass is 481 g/mol. The van der Waals surface area contributed by atoms with Gasteiger partial charge in [-0.05, 0) is 62.2 Å². The van der Waals surface area contributed by atoms with E-state index in [1.54, 1.807) is 30.3 Å². The fourth-order valence-corrected chi connectivity index (χ4v) is 4.61. The van der Waals surface area contributed by atoms with E-state index in [2.05, 4.69) is 0 Å². The summed E-state index contributed by atoms with van der Waals surface area (Å²) in [5, 5.41) is 11.3. The Balaban J connectivity index is 1.84. The lowest BCUT2D eigenvalue weighted by molar-refractivity contribution is -0.140. The summed E-state index contributed by atoms with van der Waals surface area (Å²) in [7, 11) is 1.53. The quantitative estimate of drug-likeness (QED) is 0.330. The summed E-state index contributed by atoms with van der Waals surface area (Å²) < 4.78 is 22.4. The third-order valence-electron chi connectivity index (χ3n) is 6.13. The number of hydrogen-bond acceptors (Lipinski definition) is 7. The molecule has 2 aromatic rings. The molecule has 2 aliphatic rings. The largest absolute Gasteiger partial charge is 0.507 e. The fourth-order valence-electron chi connectivity index (χ4n) is 4.61. The van der Waals surface area contributed by atoms with Gasteiger partial charge < -0.3 is 29.0 Å². The molecule has 35 heavy (non-hydrogen) atoms. The Labute approximate surface area is 205 Å². The van der Waals surface area contributed by atoms with Crippen molar-refractivity contribution in [1.29, 1.82) is 0 Å². The zero-order valence-electron chi connectivity index (χ0n) is 20.5. The van der Waals surface area contributed by atoms with Gasteiger partial charge >= 0.3 is 0 Å². The van der Waals surface area contributed by atoms with E-state index in [1.807, 2.05) is 26.8 Å². The summed E-state index contributed by atoms with van der Waals surface area (Å²) in [4.78, 5) is 27.7. The molecule has 0 spiro atoms. The average Bonchev–Trinajstić information content (AvgIpc) is 3.34. The number of fused-ring (bicyclic) bond motifs is 1. The predicted molar refractivity (Wildman–Crippen MR) is 130 cm³/mol. The predicted octanol–water partition coefficient (Wildman–Crippen LogP) is 3.88. The highest BCUT2D eigenvalue weighted by molar-refractivity contribution is 6.46. The second-order valence-electron chi connectivity index (χ2n) is 8.51. The first kappa shape index (κ1) is 24.6. The van der Waals surface area contributed by atoms with Gasteiger partial charge in [0.2, 0.25) is 0 Å². The minimum atomic E-state index is -0.802. The number of likely N-dealkylation sites (tertiary alicyclic amines) is 1. The number of Topliss-reactive ketones (excluding diaryl/α,β-unsaturated/α-hetero) is 1. The van der Waals surface area contributed by atoms with Crippen LogP contribution in [-0.2, 0) is 20.7 Å². The van der Waals surface area contributed by atoms with Crippen molar-refractivity contribution in [2.24, 2.45) is 0 Å². The number of methoxy groups -OCH3 is 1. The number of benzene rings is 2. The highest BCUT2D eigenvalue weighted by atomic mass is 16.5. The molecular weight excluding hydrogens is 450 g/mol. The Morgan fingerprint density at radius 3 is 2.54 bits per heavy atom. The number of ketones is 1. The normalized spacial score (nSPS) is 20.6. The molecule has 2 atom stereocenters. The number of nitrogens with zero attached hydrogens (tertiary/aromatic N) is 1. The van der Waals surface area contributed by atoms with Crippen LogP contribution in [-0.4, -0.2) is 61.3 Å². The Morgan fingerprint density at radius 2 is 1.83 bits per heavy atom. The third-order valence-corrected chi connectivity index (χ3v) is 6.13. The lowest BCUT2D eigenvalue weighted by Gasteiger charge is -2.26. The zero-order valence-corrected chi connectivity index (χ0v) is 20.5. The molecule has 4 rings (SSSR count). The van der Waals surface area contributed by atoms with Crippen molar-refractivity contribution in [3.8, 4) is 17.2 Å². The SMILES string of the molecule is CCOc1ccc([C@@H]2C(=C(O)c3ccc4c(c3)C[C@@H](C)O4)C(=O)C(=O)N2CCOC)cc1OCC. The molecular formula is C27H31NO7. The molecule has 1 fully saturated rings. The van der Waals surface area contributed by atoms with Gasteiger partial charge in [-0.3, -0.25) is 9.59 Å². The number of amides is 1. The molecule has 0 bridgehead atoms. The van der Waals surface area contributed by atoms with Crippen LogP contribution in [0.3, 0.4) is 0 Å². The minimum Gasteiger partial charge on any atom is -0.507 e. The molecule has 2 aliphatic heterocycles. The Bertz CT molecular complexity index is 1160. The number of ether oxygens (including phenoxy) is 4. The molecule has 2 heterocycles. The van der Waals surface area contributed by atoms with Crippen molar-refractivity contribution in [1.82, 2.24) is 4.90 Å². The first-order valence-electron chi connectivity index (χ1n) is 11.9. The lowest BCUT2D eigenvalue weighted by atomic mass is 9.94. The topological polar surface area (TPSA) is 94.5 Å². The number of carbonyl (C=O) groups is 2. The summed E-state index contributed by atoms with van der Waals surface area (Å²) in [6.07, 6.45) is 0.751. The smallest absolute Gasteiger partial charge is 0.295 e. The van der Waals surface area contributed by atoms with Crippen molar-refractivity contribution >= 4 is 17.4 Å². The van der Waals surface area contributed by atoms with E-state index in [1.165, 1.54) is 12.0 Å². The van der Waals surface area contributed by atoms with Crippen molar-refractivity contribution in [2.75, 3.05) is 33.5 Å². The highest BCUT2D eigenvalue weighted by Crippen LogP contribution is 2.42. The van der Waals surface area contributed by atoms with Gasteiger partial charge in [0.25, 0.3) is 11.7 Å². The van der Waals surface area contributed by atoms with E-state index in [0.717, 1.165) is 11.3 Å². The molecule has 186 valence electrons. The van der Waals surface area contributed by atoms with Crippen LogP contribution in [0.4, 0.5) is 0 Å². The first-order chi connectivity index (χ1) is 16.9. The third kappa shape index (κ3) is 4.71. The number of aliphatic hydroxyl groups excluding tert-OH is 1. The van der Waals surface area contributed by atoms with Gasteiger partial charge in [0.15, 0.2) is 11.5 Å². The van der Waals surface area contributed by atoms with Gasteiger partial charge in [-0.25, -0.2) is 0 Å². The van der Waals surface area contributed by atoms with Crippen LogP contribution < -0.4 is 14.2 Å². The highest BCUT2D eigenvalue weighted by Gasteiger charge is 2.46. The summed E-state index contributed by atoms with van der Waals surface area (Å²) in [5.74, 6) is 0.202. The van der Waals surface area contributed by atoms with Crippen LogP contribution in [0.5, 0.6) is 17.2 Å². The van der Waals surface area contributed by atoms with Crippen molar-refractivity contribution in [3.05, 3.63) is 58.7 Å². The zero-order chi connectivity index (χ0) is 25.1. The van der Waals surface area contributed by atoms with E-state index < -0.39 is 17.7 Å². The Morgan fingerprint density at radius 1 is 1.09 bits per heavy atom. The van der Waals surface area contributed by atoms with E-state index in [4.69, 9.17) is 18.9 Å². The van der Waals surface area contributed by atoms with Crippen LogP contribution in [0.1, 0.15) is 43.5 Å². The van der Waals surface area contributed by atoms with Gasteiger partial charge in [-0.2, -0.15) is 0 Å². The summed E-state index contributed by atoms with van der Waals surface area (Å²) in [6, 6.07) is 9.81. The Kier molecular flexibility index (Phi) is 7.31. The van der Waals surface area contributed by atoms with E-state index >= 15 is 0 Å². The van der Waals surface area contributed by atoms with Gasteiger partial charge in [0.05, 0.1) is 31.4 Å². The van der Waals surface area contributed by atoms with Gasteiger partial charge in [-0.15, -0.1) is 0 Å². The van der Waals surface area contributed by atoms with Crippen LogP contribution in [0.25, 0.3) is 5.76 Å². The maximum absolute atomic E-state index is 13.2. The fraction of sp³-hybridized carbons (Fsp3) is 0.407. The average molecular weight is 482 g/mol. The maximum atomic E-state index is 13.2. The molecule has 1 N–H and O–H groups in total. The molecule has 2 aromatic carbocycles. The number of carbonyl (C=O) groups excluding carboxylic acids is 2. The van der Waals surface area contributed by atoms with Gasteiger partial charge in [0, 0.05) is 25.6 Å². The minimum absolute atomic E-state index is 0.0321. The lowest BCUT2D eigenvalue weighted by Crippen LogP contribution is -2.32. The first-order valence-corrected chi connectivity index (χ1v) is 11.9. The van der Waals surface area contributed by atoms with E-state index in [9.17, 15) is 14.7 Å². The van der Waals surface area contributed by atoms with E-state index in [-0.39, 0.29) is 30.6 Å². The summed E-state index contributed by atoms with van der Waals surface area (Å²) in [6.45, 7) is 7.04. The summed E-state index contributed by atoms with van der Waals surface area (Å²) >= 11 is 0. The molecule has 8 heteroatoms. The van der Waals surface area contributed by atoms with Gasteiger partial charge in [-0.1, -0.05) is 6.07 Å². The van der Waals surface area contributed by atoms with Crippen molar-refractivity contribution in [3.63, 3.8) is 0 Å². The molecule has 8 nitrogen and oxygen atoms in total. The number of hydrogen-bond donors (Lipinski definition) is 1. The van der Waals surface area contributed by atoms with Crippen LogP contribution in [0.2, 0.25) is 0 Å². The summed E-state index contributed by atoms with van der Waals surface area (Å²) in [5.41, 5.74) is 2.08. The molecule has 0 aromatic heterocycles. The molecule has 1 amide bonds. The van der Waals surface area contributed by atoms with Crippen LogP contribution >= 0.6 is 0 Å². The molecule has 0 saturated carbocycles. The van der Waals surface area contributed by atoms with Crippen molar-refractivity contribution in [2.45, 2.75) is 39.3 Å². The number of aliphatic hydroxyl groups is 1. The van der Waals surface area contributed by atoms with Gasteiger partial charge in [0.1, 0.15) is 17.6 Å². The van der Waals surface area contributed by atoms with E-state index in [0.29, 0.717) is 42.3 Å². The number of rotatable bonds is 9. The molecule has 0 unspecified atom stereocenters. The molecule has 0 aliphatic carbocycles. The Hall–Kier alpha value is -3.52. The second-order valence-corrected chi connectivity index (χ2v) is 8.51. The van der Waals surface area contributed by atoms with Crippen LogP contribution in [0.15, 0.2) is 42.0 Å². The second kappa shape index (κ2) is 10.4. The molecule has 1 saturated heterocycles. The standard InChI is InChI=1S/C27H31NO7/c1-5-33-21-10-7-17(15-22(21)34-6-2)24-23(26(30)27(31)28(24)11-12-32-4)25(29)18-8-9-20-19(14-18)13-16(3)35-20/h7-10,14-16,24,29H,5-6,11-13H2,1-4H3/t16-,24-/m1/s1.